The number of aromatic amines is 1. The van der Waals surface area contributed by atoms with Crippen LogP contribution in [-0.4, -0.2) is 16.5 Å². The third-order valence-corrected chi connectivity index (χ3v) is 1.75. The van der Waals surface area contributed by atoms with E-state index in [1.54, 1.807) is 6.20 Å². The number of nitrogens with zero attached hydrogens (tertiary/aromatic N) is 1. The van der Waals surface area contributed by atoms with E-state index in [9.17, 15) is 4.79 Å². The lowest BCUT2D eigenvalue weighted by molar-refractivity contribution is 0.763. The maximum Gasteiger partial charge on any atom is 0.346 e. The van der Waals surface area contributed by atoms with Crippen LogP contribution in [0.15, 0.2) is 11.0 Å². The second-order valence-corrected chi connectivity index (χ2v) is 2.68. The van der Waals surface area contributed by atoms with Crippen molar-refractivity contribution in [1.29, 1.82) is 0 Å². The molecule has 66 valence electrons. The van der Waals surface area contributed by atoms with Crippen LogP contribution in [0.2, 0.25) is 0 Å². The zero-order valence-electron chi connectivity index (χ0n) is 6.87. The highest BCUT2D eigenvalue weighted by molar-refractivity contribution is 5.38. The molecule has 0 aliphatic rings. The van der Waals surface area contributed by atoms with Gasteiger partial charge in [0.25, 0.3) is 0 Å². The molecule has 1 heterocycles. The highest BCUT2D eigenvalue weighted by Gasteiger charge is 2.07. The number of aromatic nitrogens is 2. The SMILES string of the molecule is CC(CN)c1c[nH]c(=O)nc1N. The van der Waals surface area contributed by atoms with Gasteiger partial charge in [-0.25, -0.2) is 4.79 Å². The minimum atomic E-state index is -0.430. The van der Waals surface area contributed by atoms with Crippen molar-refractivity contribution in [2.45, 2.75) is 12.8 Å². The summed E-state index contributed by atoms with van der Waals surface area (Å²) in [6.45, 7) is 2.41. The van der Waals surface area contributed by atoms with Crippen LogP contribution in [0.25, 0.3) is 0 Å². The summed E-state index contributed by atoms with van der Waals surface area (Å²) in [7, 11) is 0. The fourth-order valence-corrected chi connectivity index (χ4v) is 0.941. The predicted molar refractivity (Wildman–Crippen MR) is 46.7 cm³/mol. The summed E-state index contributed by atoms with van der Waals surface area (Å²) < 4.78 is 0. The average Bonchev–Trinajstić information content (AvgIpc) is 2.03. The van der Waals surface area contributed by atoms with Crippen LogP contribution >= 0.6 is 0 Å². The van der Waals surface area contributed by atoms with E-state index in [1.165, 1.54) is 0 Å². The van der Waals surface area contributed by atoms with E-state index in [-0.39, 0.29) is 11.7 Å². The standard InChI is InChI=1S/C7H12N4O/c1-4(2-8)5-3-10-7(12)11-6(5)9/h3-4H,2,8H2,1H3,(H3,9,10,11,12). The predicted octanol–water partition coefficient (Wildman–Crippen LogP) is -0.586. The first-order valence-corrected chi connectivity index (χ1v) is 3.70. The van der Waals surface area contributed by atoms with Gasteiger partial charge in [-0.05, 0) is 12.5 Å². The zero-order valence-corrected chi connectivity index (χ0v) is 6.87. The molecule has 0 amide bonds. The highest BCUT2D eigenvalue weighted by atomic mass is 16.1. The van der Waals surface area contributed by atoms with Gasteiger partial charge in [-0.1, -0.05) is 6.92 Å². The maximum atomic E-state index is 10.7. The molecule has 5 heteroatoms. The molecular formula is C7H12N4O. The molecule has 0 spiro atoms. The molecule has 1 aromatic heterocycles. The van der Waals surface area contributed by atoms with Crippen molar-refractivity contribution in [3.8, 4) is 0 Å². The Morgan fingerprint density at radius 2 is 2.42 bits per heavy atom. The van der Waals surface area contributed by atoms with Crippen molar-refractivity contribution in [2.24, 2.45) is 5.73 Å². The quantitative estimate of drug-likeness (QED) is 0.550. The number of nitrogens with one attached hydrogen (secondary N) is 1. The molecule has 1 atom stereocenters. The molecule has 5 nitrogen and oxygen atoms in total. The smallest absolute Gasteiger partial charge is 0.346 e. The lowest BCUT2D eigenvalue weighted by atomic mass is 10.0. The van der Waals surface area contributed by atoms with Gasteiger partial charge in [0.05, 0.1) is 0 Å². The fourth-order valence-electron chi connectivity index (χ4n) is 0.941. The first-order valence-electron chi connectivity index (χ1n) is 3.70. The van der Waals surface area contributed by atoms with Crippen LogP contribution in [0.4, 0.5) is 5.82 Å². The Morgan fingerprint density at radius 3 is 2.92 bits per heavy atom. The van der Waals surface area contributed by atoms with E-state index < -0.39 is 5.69 Å². The first kappa shape index (κ1) is 8.73. The molecule has 0 radical (unpaired) electrons. The van der Waals surface area contributed by atoms with Gasteiger partial charge in [0.15, 0.2) is 0 Å². The van der Waals surface area contributed by atoms with Crippen molar-refractivity contribution in [2.75, 3.05) is 12.3 Å². The van der Waals surface area contributed by atoms with Crippen LogP contribution in [0, 0.1) is 0 Å². The minimum Gasteiger partial charge on any atom is -0.383 e. The molecular weight excluding hydrogens is 156 g/mol. The first-order chi connectivity index (χ1) is 5.65. The Bertz CT molecular complexity index is 319. The lowest BCUT2D eigenvalue weighted by Crippen LogP contribution is -2.18. The summed E-state index contributed by atoms with van der Waals surface area (Å²) in [5.74, 6) is 0.381. The van der Waals surface area contributed by atoms with Gasteiger partial charge in [-0.15, -0.1) is 0 Å². The number of anilines is 1. The average molecular weight is 168 g/mol. The Kier molecular flexibility index (Phi) is 2.44. The van der Waals surface area contributed by atoms with Crippen molar-refractivity contribution in [1.82, 2.24) is 9.97 Å². The van der Waals surface area contributed by atoms with Gasteiger partial charge in [0.1, 0.15) is 5.82 Å². The van der Waals surface area contributed by atoms with E-state index in [1.807, 2.05) is 6.92 Å². The monoisotopic (exact) mass is 168 g/mol. The summed E-state index contributed by atoms with van der Waals surface area (Å²) in [6.07, 6.45) is 1.56. The van der Waals surface area contributed by atoms with E-state index in [4.69, 9.17) is 11.5 Å². The van der Waals surface area contributed by atoms with Crippen LogP contribution in [0.1, 0.15) is 18.4 Å². The van der Waals surface area contributed by atoms with Gasteiger partial charge in [0, 0.05) is 11.8 Å². The highest BCUT2D eigenvalue weighted by Crippen LogP contribution is 2.15. The van der Waals surface area contributed by atoms with Crippen molar-refractivity contribution < 1.29 is 0 Å². The summed E-state index contributed by atoms with van der Waals surface area (Å²) in [5, 5.41) is 0. The number of hydrogen-bond donors (Lipinski definition) is 3. The summed E-state index contributed by atoms with van der Waals surface area (Å²) in [6, 6.07) is 0. The van der Waals surface area contributed by atoms with Gasteiger partial charge < -0.3 is 16.5 Å². The van der Waals surface area contributed by atoms with Crippen LogP contribution in [-0.2, 0) is 0 Å². The molecule has 5 N–H and O–H groups in total. The second kappa shape index (κ2) is 3.36. The molecule has 0 aliphatic carbocycles. The Morgan fingerprint density at radius 1 is 1.75 bits per heavy atom. The van der Waals surface area contributed by atoms with Gasteiger partial charge in [0.2, 0.25) is 0 Å². The zero-order chi connectivity index (χ0) is 9.14. The van der Waals surface area contributed by atoms with E-state index in [0.717, 1.165) is 5.56 Å². The summed E-state index contributed by atoms with van der Waals surface area (Å²) in [5.41, 5.74) is 11.3. The minimum absolute atomic E-state index is 0.120. The Balaban J connectivity index is 3.09. The number of H-pyrrole nitrogens is 1. The van der Waals surface area contributed by atoms with Crippen LogP contribution < -0.4 is 17.2 Å². The van der Waals surface area contributed by atoms with Crippen LogP contribution in [0.3, 0.4) is 0 Å². The maximum absolute atomic E-state index is 10.7. The molecule has 1 aromatic rings. The van der Waals surface area contributed by atoms with E-state index in [0.29, 0.717) is 6.54 Å². The Labute approximate surface area is 69.8 Å². The third kappa shape index (κ3) is 1.62. The molecule has 0 saturated carbocycles. The topological polar surface area (TPSA) is 97.8 Å². The number of hydrogen-bond acceptors (Lipinski definition) is 4. The van der Waals surface area contributed by atoms with Gasteiger partial charge >= 0.3 is 5.69 Å². The van der Waals surface area contributed by atoms with Crippen molar-refractivity contribution in [3.63, 3.8) is 0 Å². The molecule has 0 saturated heterocycles. The normalized spacial score (nSPS) is 12.8. The van der Waals surface area contributed by atoms with Crippen molar-refractivity contribution >= 4 is 5.82 Å². The van der Waals surface area contributed by atoms with Gasteiger partial charge in [-0.2, -0.15) is 4.98 Å². The molecule has 1 rings (SSSR count). The van der Waals surface area contributed by atoms with E-state index >= 15 is 0 Å². The molecule has 0 fully saturated rings. The van der Waals surface area contributed by atoms with Gasteiger partial charge in [-0.3, -0.25) is 0 Å². The fraction of sp³-hybridized carbons (Fsp3) is 0.429. The summed E-state index contributed by atoms with van der Waals surface area (Å²) >= 11 is 0. The number of nitrogens with two attached hydrogens (primary N) is 2. The third-order valence-electron chi connectivity index (χ3n) is 1.75. The molecule has 0 bridgehead atoms. The molecule has 12 heavy (non-hydrogen) atoms. The second-order valence-electron chi connectivity index (χ2n) is 2.68. The molecule has 1 unspecified atom stereocenters. The van der Waals surface area contributed by atoms with E-state index in [2.05, 4.69) is 9.97 Å². The number of nitrogen functional groups attached to an aromatic ring is 1. The Hall–Kier alpha value is -1.36. The summed E-state index contributed by atoms with van der Waals surface area (Å²) in [4.78, 5) is 16.7. The number of rotatable bonds is 2. The lowest BCUT2D eigenvalue weighted by Gasteiger charge is -2.09. The largest absolute Gasteiger partial charge is 0.383 e. The molecule has 0 aromatic carbocycles. The van der Waals surface area contributed by atoms with Crippen LogP contribution in [0.5, 0.6) is 0 Å². The molecule has 0 aliphatic heterocycles. The van der Waals surface area contributed by atoms with Crippen molar-refractivity contribution in [3.05, 3.63) is 22.2 Å².